The van der Waals surface area contributed by atoms with Crippen LogP contribution in [0.25, 0.3) is 10.8 Å². The maximum atomic E-state index is 15.4. The molecule has 1 amide bonds. The van der Waals surface area contributed by atoms with E-state index < -0.39 is 17.7 Å². The van der Waals surface area contributed by atoms with Gasteiger partial charge in [-0.2, -0.15) is 0 Å². The molecule has 1 saturated carbocycles. The number of allylic oxidation sites excluding steroid dienone is 1. The van der Waals surface area contributed by atoms with Gasteiger partial charge in [0, 0.05) is 44.1 Å². The largest absolute Gasteiger partial charge is 0.496 e. The fraction of sp³-hybridized carbons (Fsp3) is 0.508. The Balaban J connectivity index is 1.38. The van der Waals surface area contributed by atoms with E-state index in [1.165, 1.54) is 45.6 Å². The predicted molar refractivity (Wildman–Crippen MR) is 277 cm³/mol. The maximum absolute atomic E-state index is 15.4. The Morgan fingerprint density at radius 2 is 1.57 bits per heavy atom. The van der Waals surface area contributed by atoms with Gasteiger partial charge in [0.15, 0.2) is 6.29 Å². The second-order valence-corrected chi connectivity index (χ2v) is 19.3. The van der Waals surface area contributed by atoms with Crippen LogP contribution in [0.5, 0.6) is 23.0 Å². The number of nitrogens with zero attached hydrogens (tertiary/aromatic N) is 2. The molecule has 2 N–H and O–H groups in total. The predicted octanol–water partition coefficient (Wildman–Crippen LogP) is 12.7. The molecule has 11 heteroatoms. The average Bonchev–Trinajstić information content (AvgIpc) is 3.38. The van der Waals surface area contributed by atoms with Crippen LogP contribution >= 0.6 is 0 Å². The third-order valence-electron chi connectivity index (χ3n) is 14.8. The lowest BCUT2D eigenvalue weighted by Crippen LogP contribution is -2.70. The van der Waals surface area contributed by atoms with Crippen molar-refractivity contribution in [1.29, 1.82) is 0 Å². The van der Waals surface area contributed by atoms with Crippen molar-refractivity contribution in [3.8, 4) is 23.0 Å². The summed E-state index contributed by atoms with van der Waals surface area (Å²) in [5.41, 5.74) is 4.07. The van der Waals surface area contributed by atoms with Gasteiger partial charge in [0.1, 0.15) is 36.1 Å². The molecule has 1 heterocycles. The Kier molecular flexibility index (Phi) is 19.5. The number of aldehydes is 1. The lowest BCUT2D eigenvalue weighted by molar-refractivity contribution is -0.258. The molecule has 3 aliphatic rings. The number of ether oxygens (including phenoxy) is 4. The zero-order valence-corrected chi connectivity index (χ0v) is 41.8. The molecular weight excluding hydrogens is 881 g/mol. The Labute approximate surface area is 415 Å². The molecule has 4 aromatic rings. The van der Waals surface area contributed by atoms with E-state index >= 15 is 4.79 Å². The van der Waals surface area contributed by atoms with Gasteiger partial charge < -0.3 is 38.9 Å². The highest BCUT2D eigenvalue weighted by Crippen LogP contribution is 2.62. The van der Waals surface area contributed by atoms with E-state index in [0.717, 1.165) is 84.4 Å². The van der Waals surface area contributed by atoms with Gasteiger partial charge in [0.2, 0.25) is 11.7 Å². The number of carbonyl (C=O) groups excluding carboxylic acids is 2. The number of rotatable bonds is 29. The molecule has 6 atom stereocenters. The third-order valence-corrected chi connectivity index (χ3v) is 14.8. The van der Waals surface area contributed by atoms with Gasteiger partial charge in [-0.3, -0.25) is 9.59 Å². The van der Waals surface area contributed by atoms with Crippen molar-refractivity contribution >= 4 is 28.7 Å². The molecule has 0 spiro atoms. The molecule has 1 aliphatic heterocycles. The first-order chi connectivity index (χ1) is 34.3. The minimum absolute atomic E-state index is 0.0349. The average molecular weight is 957 g/mol. The molecular formula is C59H76N2O9. The summed E-state index contributed by atoms with van der Waals surface area (Å²) < 4.78 is 26.8. The van der Waals surface area contributed by atoms with Crippen molar-refractivity contribution in [3.05, 3.63) is 120 Å². The number of amides is 1. The second kappa shape index (κ2) is 26.1. The maximum Gasteiger partial charge on any atom is 0.239 e. The van der Waals surface area contributed by atoms with Gasteiger partial charge in [-0.1, -0.05) is 131 Å². The summed E-state index contributed by atoms with van der Waals surface area (Å²) in [5, 5.41) is 27.1. The van der Waals surface area contributed by atoms with Crippen LogP contribution in [0.1, 0.15) is 143 Å². The SMILES string of the molecule is C=CCO[C@@]12Oc3ccc(Oc4ccc(OC)c(C=O)c4)cc3[C@H]3[C@H](CCCCO)[C@@H](CCCCO)C=C(C(=NOC)C[C@@H]1N(Cc1cccc4ccccc14)C(=O)CCCCCCCCCCC)[C@H]32. The first kappa shape index (κ1) is 52.3. The number of fused-ring (bicyclic) bond motifs is 3. The number of methoxy groups -OCH3 is 1. The number of hydrogen-bond acceptors (Lipinski definition) is 10. The number of aliphatic hydroxyl groups is 2. The van der Waals surface area contributed by atoms with Crippen molar-refractivity contribution in [1.82, 2.24) is 4.90 Å². The lowest BCUT2D eigenvalue weighted by atomic mass is 9.55. The molecule has 0 aromatic heterocycles. The monoisotopic (exact) mass is 957 g/mol. The summed E-state index contributed by atoms with van der Waals surface area (Å²) in [5.74, 6) is 0.201. The number of oxime groups is 1. The van der Waals surface area contributed by atoms with E-state index in [-0.39, 0.29) is 43.5 Å². The fourth-order valence-electron chi connectivity index (χ4n) is 11.5. The van der Waals surface area contributed by atoms with Crippen LogP contribution in [0, 0.1) is 17.8 Å². The van der Waals surface area contributed by atoms with Gasteiger partial charge in [-0.15, -0.1) is 6.58 Å². The van der Waals surface area contributed by atoms with Crippen LogP contribution < -0.4 is 14.2 Å². The van der Waals surface area contributed by atoms with Crippen molar-refractivity contribution < 1.29 is 43.6 Å². The van der Waals surface area contributed by atoms with Crippen LogP contribution in [-0.2, 0) is 20.9 Å². The highest BCUT2D eigenvalue weighted by atomic mass is 16.7. The zero-order chi connectivity index (χ0) is 49.3. The van der Waals surface area contributed by atoms with Crippen LogP contribution in [-0.4, -0.2) is 78.9 Å². The number of carbonyl (C=O) groups is 2. The lowest BCUT2D eigenvalue weighted by Gasteiger charge is -2.60. The third kappa shape index (κ3) is 12.2. The van der Waals surface area contributed by atoms with Gasteiger partial charge in [-0.25, -0.2) is 0 Å². The molecule has 0 bridgehead atoms. The van der Waals surface area contributed by atoms with Crippen molar-refractivity contribution in [3.63, 3.8) is 0 Å². The smallest absolute Gasteiger partial charge is 0.239 e. The second-order valence-electron chi connectivity index (χ2n) is 19.3. The highest BCUT2D eigenvalue weighted by molar-refractivity contribution is 6.03. The number of benzene rings is 4. The molecule has 0 radical (unpaired) electrons. The summed E-state index contributed by atoms with van der Waals surface area (Å²) >= 11 is 0. The molecule has 4 aromatic carbocycles. The quantitative estimate of drug-likeness (QED) is 0.0236. The fourth-order valence-corrected chi connectivity index (χ4v) is 11.5. The highest BCUT2D eigenvalue weighted by Gasteiger charge is 2.65. The van der Waals surface area contributed by atoms with Crippen LogP contribution in [0.3, 0.4) is 0 Å². The van der Waals surface area contributed by atoms with Crippen molar-refractivity contribution in [2.75, 3.05) is 34.0 Å². The van der Waals surface area contributed by atoms with Crippen LogP contribution in [0.2, 0.25) is 0 Å². The summed E-state index contributed by atoms with van der Waals surface area (Å²) in [7, 11) is 3.10. The van der Waals surface area contributed by atoms with Gasteiger partial charge in [0.05, 0.1) is 30.9 Å². The summed E-state index contributed by atoms with van der Waals surface area (Å²) in [4.78, 5) is 35.2. The molecule has 1 fully saturated rings. The first-order valence-electron chi connectivity index (χ1n) is 26.0. The van der Waals surface area contributed by atoms with Crippen molar-refractivity contribution in [2.45, 2.75) is 140 Å². The summed E-state index contributed by atoms with van der Waals surface area (Å²) in [6.07, 6.45) is 20.5. The minimum Gasteiger partial charge on any atom is -0.496 e. The molecule has 11 nitrogen and oxygen atoms in total. The first-order valence-corrected chi connectivity index (χ1v) is 26.0. The Morgan fingerprint density at radius 3 is 2.30 bits per heavy atom. The molecule has 7 rings (SSSR count). The standard InChI is InChI=1S/C59H76N2O9/c1-5-7-8-9-10-11-12-13-14-28-56(65)61(40-44-25-21-24-42-22-15-16-26-48(42)44)55-39-52(60-67-4)50-37-43(23-17-19-33-62)49(27-18-20-34-63)57-51-38-47(69-46-29-31-53(66-3)45(36-46)41-64)30-32-54(51)70-59(55,58(50)57)68-35-6-2/h6,15-16,21-22,24-26,29-32,36-38,41,43,49,55,57-58,62-63H,2,5,7-14,17-20,23,27-28,33-35,39-40H2,1,3-4H3/t43-,49+,55-,57+,58+,59+/m0/s1. The molecule has 0 saturated heterocycles. The number of unbranched alkanes of at least 4 members (excludes halogenated alkanes) is 10. The van der Waals surface area contributed by atoms with E-state index in [9.17, 15) is 15.0 Å². The summed E-state index contributed by atoms with van der Waals surface area (Å²) in [6, 6.07) is 25.0. The van der Waals surface area contributed by atoms with Gasteiger partial charge >= 0.3 is 0 Å². The topological polar surface area (TPSA) is 136 Å². The van der Waals surface area contributed by atoms with E-state index in [2.05, 4.69) is 56.0 Å². The van der Waals surface area contributed by atoms with Gasteiger partial charge in [0.25, 0.3) is 0 Å². The van der Waals surface area contributed by atoms with Crippen molar-refractivity contribution in [2.24, 2.45) is 22.9 Å². The Hall–Kier alpha value is -5.49. The number of aliphatic hydroxyl groups excluding tert-OH is 2. The normalized spacial score (nSPS) is 21.8. The van der Waals surface area contributed by atoms with E-state index in [0.29, 0.717) is 60.8 Å². The zero-order valence-electron chi connectivity index (χ0n) is 41.8. The van der Waals surface area contributed by atoms with Gasteiger partial charge in [-0.05, 0) is 102 Å². The Bertz CT molecular complexity index is 2410. The molecule has 0 unspecified atom stereocenters. The van der Waals surface area contributed by atoms with E-state index in [1.54, 1.807) is 31.4 Å². The summed E-state index contributed by atoms with van der Waals surface area (Å²) in [6.45, 7) is 7.05. The van der Waals surface area contributed by atoms with Crippen LogP contribution in [0.4, 0.5) is 0 Å². The molecule has 2 aliphatic carbocycles. The van der Waals surface area contributed by atoms with E-state index in [4.69, 9.17) is 28.9 Å². The Morgan fingerprint density at radius 1 is 0.857 bits per heavy atom. The van der Waals surface area contributed by atoms with E-state index in [1.807, 2.05) is 29.2 Å². The molecule has 70 heavy (non-hydrogen) atoms. The number of hydrogen-bond donors (Lipinski definition) is 2. The minimum atomic E-state index is -1.40. The van der Waals surface area contributed by atoms with Crippen LogP contribution in [0.15, 0.2) is 108 Å². The molecule has 376 valence electrons.